The smallest absolute Gasteiger partial charge is 0.104 e. The second-order valence-corrected chi connectivity index (χ2v) is 3.68. The van der Waals surface area contributed by atoms with Gasteiger partial charge in [0.05, 0.1) is 10.4 Å². The lowest BCUT2D eigenvalue weighted by Gasteiger charge is -1.88. The van der Waals surface area contributed by atoms with Crippen LogP contribution in [0.2, 0.25) is 0 Å². The fraction of sp³-hybridized carbons (Fsp3) is 0.364. The van der Waals surface area contributed by atoms with Gasteiger partial charge in [0.15, 0.2) is 0 Å². The predicted octanol–water partition coefficient (Wildman–Crippen LogP) is 2.79. The van der Waals surface area contributed by atoms with Gasteiger partial charge < -0.3 is 11.5 Å². The van der Waals surface area contributed by atoms with Crippen LogP contribution in [-0.2, 0) is 0 Å². The maximum absolute atomic E-state index is 5.79. The standard InChI is InChI=1S/C8H8N2S.C2H6.CH5N/c1-5-7(9)8-6(11-5)3-2-4-10-8;2*1-2/h2-4H,9H2,1H3;1-2H3;2H2,1H3. The van der Waals surface area contributed by atoms with E-state index in [4.69, 9.17) is 5.73 Å². The average Bonchev–Trinajstić information content (AvgIpc) is 2.61. The second-order valence-electron chi connectivity index (χ2n) is 2.42. The topological polar surface area (TPSA) is 64.9 Å². The second kappa shape index (κ2) is 7.20. The highest BCUT2D eigenvalue weighted by Crippen LogP contribution is 2.30. The molecule has 4 heteroatoms. The van der Waals surface area contributed by atoms with E-state index >= 15 is 0 Å². The molecule has 0 saturated carbocycles. The van der Waals surface area contributed by atoms with Crippen LogP contribution < -0.4 is 11.5 Å². The molecule has 0 aromatic carbocycles. The van der Waals surface area contributed by atoms with Gasteiger partial charge in [0, 0.05) is 11.1 Å². The van der Waals surface area contributed by atoms with Crippen LogP contribution in [0.4, 0.5) is 5.69 Å². The van der Waals surface area contributed by atoms with E-state index < -0.39 is 0 Å². The summed E-state index contributed by atoms with van der Waals surface area (Å²) in [5.74, 6) is 0. The number of rotatable bonds is 0. The third kappa shape index (κ3) is 3.18. The lowest BCUT2D eigenvalue weighted by Crippen LogP contribution is -1.84. The van der Waals surface area contributed by atoms with Gasteiger partial charge in [-0.25, -0.2) is 0 Å². The average molecular weight is 225 g/mol. The van der Waals surface area contributed by atoms with Crippen LogP contribution in [0.1, 0.15) is 18.7 Å². The number of thiophene rings is 1. The van der Waals surface area contributed by atoms with Crippen molar-refractivity contribution in [2.24, 2.45) is 5.73 Å². The number of anilines is 1. The molecule has 0 atom stereocenters. The molecule has 0 unspecified atom stereocenters. The quantitative estimate of drug-likeness (QED) is 0.724. The Labute approximate surface area is 95.1 Å². The molecule has 15 heavy (non-hydrogen) atoms. The molecule has 0 spiro atoms. The van der Waals surface area contributed by atoms with Gasteiger partial charge in [0.1, 0.15) is 5.52 Å². The third-order valence-corrected chi connectivity index (χ3v) is 2.74. The number of nitrogen functional groups attached to an aromatic ring is 1. The van der Waals surface area contributed by atoms with Gasteiger partial charge in [-0.2, -0.15) is 0 Å². The van der Waals surface area contributed by atoms with Crippen molar-refractivity contribution in [1.82, 2.24) is 4.98 Å². The lowest BCUT2D eigenvalue weighted by molar-refractivity contribution is 1.42. The Morgan fingerprint density at radius 1 is 1.27 bits per heavy atom. The Morgan fingerprint density at radius 3 is 2.40 bits per heavy atom. The van der Waals surface area contributed by atoms with E-state index in [0.29, 0.717) is 0 Å². The minimum Gasteiger partial charge on any atom is -0.396 e. The number of hydrogen-bond donors (Lipinski definition) is 2. The normalized spacial score (nSPS) is 8.60. The third-order valence-electron chi connectivity index (χ3n) is 1.67. The summed E-state index contributed by atoms with van der Waals surface area (Å²) in [6.45, 7) is 6.02. The van der Waals surface area contributed by atoms with Crippen molar-refractivity contribution in [3.8, 4) is 0 Å². The van der Waals surface area contributed by atoms with Crippen LogP contribution in [-0.4, -0.2) is 12.0 Å². The Kier molecular flexibility index (Phi) is 6.66. The van der Waals surface area contributed by atoms with E-state index in [1.165, 1.54) is 11.7 Å². The highest BCUT2D eigenvalue weighted by atomic mass is 32.1. The van der Waals surface area contributed by atoms with Crippen molar-refractivity contribution < 1.29 is 0 Å². The fourth-order valence-electron chi connectivity index (χ4n) is 1.06. The zero-order chi connectivity index (χ0) is 11.8. The first kappa shape index (κ1) is 13.9. The molecule has 0 aliphatic rings. The van der Waals surface area contributed by atoms with Gasteiger partial charge in [0.25, 0.3) is 0 Å². The molecule has 0 saturated heterocycles. The number of fused-ring (bicyclic) bond motifs is 1. The monoisotopic (exact) mass is 225 g/mol. The zero-order valence-corrected chi connectivity index (χ0v) is 10.6. The fourth-order valence-corrected chi connectivity index (χ4v) is 2.00. The van der Waals surface area contributed by atoms with Crippen LogP contribution >= 0.6 is 11.3 Å². The van der Waals surface area contributed by atoms with Crippen LogP contribution in [0.5, 0.6) is 0 Å². The molecule has 3 nitrogen and oxygen atoms in total. The van der Waals surface area contributed by atoms with Crippen molar-refractivity contribution in [2.75, 3.05) is 12.8 Å². The molecule has 0 bridgehead atoms. The summed E-state index contributed by atoms with van der Waals surface area (Å²) >= 11 is 1.69. The summed E-state index contributed by atoms with van der Waals surface area (Å²) in [6.07, 6.45) is 1.77. The maximum atomic E-state index is 5.79. The molecular weight excluding hydrogens is 206 g/mol. The van der Waals surface area contributed by atoms with Gasteiger partial charge in [-0.05, 0) is 26.1 Å². The molecule has 2 rings (SSSR count). The minimum atomic E-state index is 0.825. The molecule has 2 heterocycles. The number of nitrogens with zero attached hydrogens (tertiary/aromatic N) is 1. The molecule has 0 radical (unpaired) electrons. The van der Waals surface area contributed by atoms with E-state index in [1.54, 1.807) is 17.5 Å². The number of aryl methyl sites for hydroxylation is 1. The van der Waals surface area contributed by atoms with Crippen LogP contribution in [0.3, 0.4) is 0 Å². The predicted molar refractivity (Wildman–Crippen MR) is 70.2 cm³/mol. The van der Waals surface area contributed by atoms with Crippen molar-refractivity contribution in [1.29, 1.82) is 0 Å². The Bertz CT molecular complexity index is 396. The first-order chi connectivity index (χ1) is 7.29. The molecule has 2 aromatic rings. The Hall–Kier alpha value is -1.13. The summed E-state index contributed by atoms with van der Waals surface area (Å²) in [5.41, 5.74) is 12.1. The summed E-state index contributed by atoms with van der Waals surface area (Å²) in [4.78, 5) is 5.34. The van der Waals surface area contributed by atoms with Gasteiger partial charge in [-0.15, -0.1) is 11.3 Å². The summed E-state index contributed by atoms with van der Waals surface area (Å²) in [7, 11) is 1.50. The molecule has 0 amide bonds. The molecule has 0 fully saturated rings. The van der Waals surface area contributed by atoms with E-state index in [2.05, 4.69) is 10.7 Å². The molecule has 4 N–H and O–H groups in total. The van der Waals surface area contributed by atoms with Crippen molar-refractivity contribution in [3.63, 3.8) is 0 Å². The van der Waals surface area contributed by atoms with Crippen LogP contribution in [0.15, 0.2) is 18.3 Å². The molecular formula is C11H19N3S. The number of aromatic nitrogens is 1. The molecule has 0 aliphatic carbocycles. The molecule has 0 aliphatic heterocycles. The highest BCUT2D eigenvalue weighted by Gasteiger charge is 2.04. The summed E-state index contributed by atoms with van der Waals surface area (Å²) < 4.78 is 1.17. The van der Waals surface area contributed by atoms with Gasteiger partial charge in [-0.3, -0.25) is 4.98 Å². The van der Waals surface area contributed by atoms with E-state index in [0.717, 1.165) is 16.1 Å². The van der Waals surface area contributed by atoms with Crippen molar-refractivity contribution >= 4 is 27.2 Å². The molecule has 84 valence electrons. The van der Waals surface area contributed by atoms with Gasteiger partial charge >= 0.3 is 0 Å². The van der Waals surface area contributed by atoms with Crippen molar-refractivity contribution in [3.05, 3.63) is 23.2 Å². The maximum Gasteiger partial charge on any atom is 0.104 e. The van der Waals surface area contributed by atoms with Crippen molar-refractivity contribution in [2.45, 2.75) is 20.8 Å². The largest absolute Gasteiger partial charge is 0.396 e. The highest BCUT2D eigenvalue weighted by molar-refractivity contribution is 7.19. The summed E-state index contributed by atoms with van der Waals surface area (Å²) in [6, 6.07) is 3.97. The molecule has 2 aromatic heterocycles. The first-order valence-corrected chi connectivity index (χ1v) is 5.78. The Balaban J connectivity index is 0.000000442. The van der Waals surface area contributed by atoms with E-state index in [9.17, 15) is 0 Å². The SMILES string of the molecule is CC.CN.Cc1sc2cccnc2c1N. The summed E-state index contributed by atoms with van der Waals surface area (Å²) in [5, 5.41) is 0. The van der Waals surface area contributed by atoms with E-state index in [-0.39, 0.29) is 0 Å². The van der Waals surface area contributed by atoms with Crippen LogP contribution in [0, 0.1) is 6.92 Å². The minimum absolute atomic E-state index is 0.825. The first-order valence-electron chi connectivity index (χ1n) is 4.96. The zero-order valence-electron chi connectivity index (χ0n) is 9.74. The lowest BCUT2D eigenvalue weighted by atomic mass is 10.3. The van der Waals surface area contributed by atoms with Crippen LogP contribution in [0.25, 0.3) is 10.2 Å². The van der Waals surface area contributed by atoms with Gasteiger partial charge in [-0.1, -0.05) is 13.8 Å². The number of pyridine rings is 1. The van der Waals surface area contributed by atoms with E-state index in [1.807, 2.05) is 32.9 Å². The number of hydrogen-bond acceptors (Lipinski definition) is 4. The van der Waals surface area contributed by atoms with Gasteiger partial charge in [0.2, 0.25) is 0 Å². The number of nitrogens with two attached hydrogens (primary N) is 2. The Morgan fingerprint density at radius 2 is 1.87 bits per heavy atom.